The van der Waals surface area contributed by atoms with Crippen molar-refractivity contribution in [3.63, 3.8) is 0 Å². The lowest BCUT2D eigenvalue weighted by molar-refractivity contribution is 0.0758. The normalized spacial score (nSPS) is 16.4. The van der Waals surface area contributed by atoms with Crippen LogP contribution < -0.4 is 4.74 Å². The molecule has 2 aliphatic rings. The van der Waals surface area contributed by atoms with Gasteiger partial charge in [-0.15, -0.1) is 0 Å². The third-order valence-corrected chi connectivity index (χ3v) is 8.14. The van der Waals surface area contributed by atoms with Crippen LogP contribution in [-0.4, -0.2) is 73.2 Å². The van der Waals surface area contributed by atoms with Gasteiger partial charge in [-0.1, -0.05) is 5.16 Å². The Bertz CT molecular complexity index is 1690. The van der Waals surface area contributed by atoms with Crippen LogP contribution in [0.2, 0.25) is 0 Å². The van der Waals surface area contributed by atoms with E-state index >= 15 is 0 Å². The molecule has 1 saturated carbocycles. The number of H-pyrrole nitrogens is 1. The minimum absolute atomic E-state index is 0.187. The molecular formula is C29H33N7O3. The summed E-state index contributed by atoms with van der Waals surface area (Å²) in [6.07, 6.45) is 3.09. The van der Waals surface area contributed by atoms with Gasteiger partial charge in [0.1, 0.15) is 23.0 Å². The summed E-state index contributed by atoms with van der Waals surface area (Å²) in [5.74, 6) is 2.81. The molecule has 7 rings (SSSR count). The molecule has 1 saturated heterocycles. The first-order chi connectivity index (χ1) is 18.9. The molecule has 0 radical (unpaired) electrons. The van der Waals surface area contributed by atoms with E-state index in [1.54, 1.807) is 7.11 Å². The quantitative estimate of drug-likeness (QED) is 0.308. The fourth-order valence-corrected chi connectivity index (χ4v) is 6.06. The molecular weight excluding hydrogens is 494 g/mol. The standard InChI is InChI=1S/C29H33N7O3/c1-15-27(16(2)39-34-15)22-11-24-21(12-26(22)38-4)28-25(30-17(3)31-29(28)32-24)10-19-9-23(18-5-6-18)33-36(19)20-13-35(14-20)7-8-37/h9,11-12,18,20,37H,5-8,10,13-14H2,1-4H3,(H,30,31,32). The zero-order valence-electron chi connectivity index (χ0n) is 22.8. The number of aliphatic hydroxyl groups is 1. The number of nitrogens with one attached hydrogen (secondary N) is 1. The average molecular weight is 528 g/mol. The molecule has 0 spiro atoms. The number of likely N-dealkylation sites (tertiary alicyclic amines) is 1. The molecule has 2 N–H and O–H groups in total. The summed E-state index contributed by atoms with van der Waals surface area (Å²) in [4.78, 5) is 15.5. The number of hydrogen-bond donors (Lipinski definition) is 2. The molecule has 0 bridgehead atoms. The van der Waals surface area contributed by atoms with Crippen LogP contribution in [-0.2, 0) is 6.42 Å². The number of benzene rings is 1. The molecule has 1 aliphatic carbocycles. The average Bonchev–Trinajstić information content (AvgIpc) is 3.45. The van der Waals surface area contributed by atoms with Crippen LogP contribution in [0, 0.1) is 20.8 Å². The van der Waals surface area contributed by atoms with Crippen molar-refractivity contribution in [1.29, 1.82) is 0 Å². The van der Waals surface area contributed by atoms with Crippen LogP contribution in [0.1, 0.15) is 59.2 Å². The molecule has 10 heteroatoms. The molecule has 5 aromatic rings. The van der Waals surface area contributed by atoms with Crippen molar-refractivity contribution >= 4 is 21.9 Å². The highest BCUT2D eigenvalue weighted by Crippen LogP contribution is 2.42. The number of aliphatic hydroxyl groups excluding tert-OH is 1. The van der Waals surface area contributed by atoms with E-state index < -0.39 is 0 Å². The number of methoxy groups -OCH3 is 1. The molecule has 0 atom stereocenters. The lowest BCUT2D eigenvalue weighted by atomic mass is 10.00. The number of ether oxygens (including phenoxy) is 1. The highest BCUT2D eigenvalue weighted by Gasteiger charge is 2.33. The molecule has 1 aromatic carbocycles. The Hall–Kier alpha value is -3.76. The smallest absolute Gasteiger partial charge is 0.142 e. The predicted molar refractivity (Wildman–Crippen MR) is 147 cm³/mol. The van der Waals surface area contributed by atoms with Gasteiger partial charge in [-0.25, -0.2) is 9.97 Å². The van der Waals surface area contributed by atoms with Gasteiger partial charge in [0, 0.05) is 59.5 Å². The van der Waals surface area contributed by atoms with Crippen LogP contribution in [0.25, 0.3) is 33.1 Å². The van der Waals surface area contributed by atoms with E-state index in [1.165, 1.54) is 24.2 Å². The van der Waals surface area contributed by atoms with Crippen LogP contribution in [0.3, 0.4) is 0 Å². The first-order valence-electron chi connectivity index (χ1n) is 13.6. The van der Waals surface area contributed by atoms with E-state index in [4.69, 9.17) is 24.3 Å². The van der Waals surface area contributed by atoms with Crippen LogP contribution in [0.15, 0.2) is 22.7 Å². The zero-order chi connectivity index (χ0) is 26.8. The molecule has 0 unspecified atom stereocenters. The first kappa shape index (κ1) is 24.3. The first-order valence-corrected chi connectivity index (χ1v) is 13.6. The summed E-state index contributed by atoms with van der Waals surface area (Å²) in [5.41, 5.74) is 7.84. The third-order valence-electron chi connectivity index (χ3n) is 8.14. The van der Waals surface area contributed by atoms with Crippen molar-refractivity contribution in [2.24, 2.45) is 0 Å². The van der Waals surface area contributed by atoms with Gasteiger partial charge in [-0.05, 0) is 51.8 Å². The lowest BCUT2D eigenvalue weighted by Crippen LogP contribution is -2.49. The number of rotatable bonds is 8. The number of β-amino-alcohol motifs (C(OH)–C–C–N with tert-alkyl or cyclic N) is 1. The summed E-state index contributed by atoms with van der Waals surface area (Å²) in [7, 11) is 1.69. The number of aromatic amines is 1. The summed E-state index contributed by atoms with van der Waals surface area (Å²) >= 11 is 0. The molecule has 2 fully saturated rings. The second-order valence-corrected chi connectivity index (χ2v) is 11.0. The monoisotopic (exact) mass is 527 g/mol. The molecule has 5 heterocycles. The van der Waals surface area contributed by atoms with Crippen LogP contribution in [0.4, 0.5) is 0 Å². The van der Waals surface area contributed by atoms with Crippen molar-refractivity contribution in [3.05, 3.63) is 52.6 Å². The van der Waals surface area contributed by atoms with Gasteiger partial charge in [-0.2, -0.15) is 5.10 Å². The van der Waals surface area contributed by atoms with Crippen molar-refractivity contribution in [3.8, 4) is 16.9 Å². The van der Waals surface area contributed by atoms with Crippen molar-refractivity contribution in [2.45, 2.75) is 52.0 Å². The fourth-order valence-electron chi connectivity index (χ4n) is 6.06. The van der Waals surface area contributed by atoms with Gasteiger partial charge in [0.05, 0.1) is 42.4 Å². The summed E-state index contributed by atoms with van der Waals surface area (Å²) in [6.45, 7) is 8.52. The number of aryl methyl sites for hydroxylation is 3. The van der Waals surface area contributed by atoms with E-state index in [0.29, 0.717) is 24.9 Å². The lowest BCUT2D eigenvalue weighted by Gasteiger charge is -2.39. The summed E-state index contributed by atoms with van der Waals surface area (Å²) < 4.78 is 13.5. The molecule has 39 heavy (non-hydrogen) atoms. The number of nitrogens with zero attached hydrogens (tertiary/aromatic N) is 6. The second-order valence-electron chi connectivity index (χ2n) is 11.0. The van der Waals surface area contributed by atoms with Gasteiger partial charge in [0.2, 0.25) is 0 Å². The maximum atomic E-state index is 9.32. The van der Waals surface area contributed by atoms with Gasteiger partial charge >= 0.3 is 0 Å². The van der Waals surface area contributed by atoms with E-state index in [2.05, 4.69) is 37.9 Å². The number of fused-ring (bicyclic) bond motifs is 3. The number of hydrogen-bond acceptors (Lipinski definition) is 8. The van der Waals surface area contributed by atoms with E-state index in [-0.39, 0.29) is 6.61 Å². The van der Waals surface area contributed by atoms with E-state index in [1.807, 2.05) is 20.8 Å². The molecule has 202 valence electrons. The van der Waals surface area contributed by atoms with Crippen molar-refractivity contribution in [2.75, 3.05) is 33.4 Å². The number of aromatic nitrogens is 6. The summed E-state index contributed by atoms with van der Waals surface area (Å²) in [5, 5.41) is 20.6. The van der Waals surface area contributed by atoms with Crippen molar-refractivity contribution in [1.82, 2.24) is 34.8 Å². The second kappa shape index (κ2) is 9.17. The Kier molecular flexibility index (Phi) is 5.71. The Morgan fingerprint density at radius 2 is 1.95 bits per heavy atom. The predicted octanol–water partition coefficient (Wildman–Crippen LogP) is 4.21. The van der Waals surface area contributed by atoms with Gasteiger partial charge < -0.3 is 19.4 Å². The zero-order valence-corrected chi connectivity index (χ0v) is 22.8. The highest BCUT2D eigenvalue weighted by molar-refractivity contribution is 6.09. The maximum Gasteiger partial charge on any atom is 0.142 e. The minimum Gasteiger partial charge on any atom is -0.496 e. The van der Waals surface area contributed by atoms with Gasteiger partial charge in [-0.3, -0.25) is 9.58 Å². The van der Waals surface area contributed by atoms with Crippen LogP contribution >= 0.6 is 0 Å². The SMILES string of the molecule is COc1cc2c(cc1-c1c(C)noc1C)[nH]c1nc(C)nc(Cc3cc(C4CC4)nn3C3CN(CCO)C3)c12. The molecule has 0 amide bonds. The van der Waals surface area contributed by atoms with E-state index in [9.17, 15) is 5.11 Å². The molecule has 10 nitrogen and oxygen atoms in total. The molecule has 4 aromatic heterocycles. The van der Waals surface area contributed by atoms with Crippen molar-refractivity contribution < 1.29 is 14.4 Å². The fraction of sp³-hybridized carbons (Fsp3) is 0.448. The maximum absolute atomic E-state index is 9.32. The Morgan fingerprint density at radius 1 is 1.13 bits per heavy atom. The summed E-state index contributed by atoms with van der Waals surface area (Å²) in [6, 6.07) is 6.77. The largest absolute Gasteiger partial charge is 0.496 e. The Balaban J connectivity index is 1.34. The highest BCUT2D eigenvalue weighted by atomic mass is 16.5. The Labute approximate surface area is 226 Å². The third kappa shape index (κ3) is 4.09. The van der Waals surface area contributed by atoms with Gasteiger partial charge in [0.15, 0.2) is 0 Å². The van der Waals surface area contributed by atoms with Gasteiger partial charge in [0.25, 0.3) is 0 Å². The van der Waals surface area contributed by atoms with Crippen LogP contribution in [0.5, 0.6) is 5.75 Å². The molecule has 1 aliphatic heterocycles. The minimum atomic E-state index is 0.187. The van der Waals surface area contributed by atoms with E-state index in [0.717, 1.165) is 74.9 Å². The topological polar surface area (TPSA) is 118 Å². The Morgan fingerprint density at radius 3 is 2.64 bits per heavy atom.